The number of aryl methyl sites for hydroxylation is 2. The summed E-state index contributed by atoms with van der Waals surface area (Å²) in [6, 6.07) is 14.7. The van der Waals surface area contributed by atoms with E-state index in [1.165, 1.54) is 0 Å². The number of nitrogens with zero attached hydrogens (tertiary/aromatic N) is 3. The SMILES string of the molecule is Cc1cc(-c2cc(Oc3ccc4c(N)nn(C)c4c3)ccn2)ccc1C(N)=O. The van der Waals surface area contributed by atoms with Crippen molar-refractivity contribution in [3.05, 3.63) is 65.9 Å². The van der Waals surface area contributed by atoms with Gasteiger partial charge in [0.25, 0.3) is 0 Å². The van der Waals surface area contributed by atoms with Crippen molar-refractivity contribution in [1.82, 2.24) is 14.8 Å². The number of pyridine rings is 1. The molecule has 0 aliphatic rings. The van der Waals surface area contributed by atoms with Crippen LogP contribution in [0, 0.1) is 6.92 Å². The Kier molecular flexibility index (Phi) is 4.19. The number of benzene rings is 2. The molecule has 0 saturated heterocycles. The smallest absolute Gasteiger partial charge is 0.248 e. The van der Waals surface area contributed by atoms with Crippen molar-refractivity contribution < 1.29 is 9.53 Å². The predicted octanol–water partition coefficient (Wildman–Crippen LogP) is 3.42. The van der Waals surface area contributed by atoms with Gasteiger partial charge in [-0.25, -0.2) is 0 Å². The second kappa shape index (κ2) is 6.70. The molecule has 1 amide bonds. The van der Waals surface area contributed by atoms with Crippen LogP contribution in [0.1, 0.15) is 15.9 Å². The van der Waals surface area contributed by atoms with Gasteiger partial charge in [0.05, 0.1) is 11.2 Å². The first-order chi connectivity index (χ1) is 13.4. The molecular formula is C21H19N5O2. The van der Waals surface area contributed by atoms with Crippen molar-refractivity contribution in [2.45, 2.75) is 6.92 Å². The molecule has 4 N–H and O–H groups in total. The van der Waals surface area contributed by atoms with Gasteiger partial charge in [-0.1, -0.05) is 6.07 Å². The lowest BCUT2D eigenvalue weighted by molar-refractivity contribution is 0.0999. The van der Waals surface area contributed by atoms with Crippen LogP contribution in [0.2, 0.25) is 0 Å². The fourth-order valence-electron chi connectivity index (χ4n) is 3.20. The Balaban J connectivity index is 1.65. The summed E-state index contributed by atoms with van der Waals surface area (Å²) in [6.45, 7) is 1.85. The number of anilines is 1. The van der Waals surface area contributed by atoms with E-state index >= 15 is 0 Å². The summed E-state index contributed by atoms with van der Waals surface area (Å²) in [5.74, 6) is 1.37. The molecule has 4 rings (SSSR count). The monoisotopic (exact) mass is 373 g/mol. The Morgan fingerprint density at radius 1 is 1.07 bits per heavy atom. The fraction of sp³-hybridized carbons (Fsp3) is 0.0952. The molecule has 140 valence electrons. The highest BCUT2D eigenvalue weighted by atomic mass is 16.5. The summed E-state index contributed by atoms with van der Waals surface area (Å²) >= 11 is 0. The number of amides is 1. The van der Waals surface area contributed by atoms with Crippen LogP contribution in [-0.2, 0) is 7.05 Å². The average Bonchev–Trinajstić information content (AvgIpc) is 2.95. The summed E-state index contributed by atoms with van der Waals surface area (Å²) < 4.78 is 7.73. The van der Waals surface area contributed by atoms with Crippen molar-refractivity contribution in [3.63, 3.8) is 0 Å². The summed E-state index contributed by atoms with van der Waals surface area (Å²) in [6.07, 6.45) is 1.68. The van der Waals surface area contributed by atoms with E-state index in [0.717, 1.165) is 27.7 Å². The minimum atomic E-state index is -0.444. The number of primary amides is 1. The quantitative estimate of drug-likeness (QED) is 0.570. The maximum absolute atomic E-state index is 11.4. The number of fused-ring (bicyclic) bond motifs is 1. The lowest BCUT2D eigenvalue weighted by Crippen LogP contribution is -2.12. The molecule has 2 heterocycles. The molecule has 0 atom stereocenters. The third-order valence-electron chi connectivity index (χ3n) is 4.61. The van der Waals surface area contributed by atoms with Gasteiger partial charge in [0.1, 0.15) is 11.5 Å². The van der Waals surface area contributed by atoms with Crippen LogP contribution in [0.5, 0.6) is 11.5 Å². The molecule has 0 aliphatic carbocycles. The summed E-state index contributed by atoms with van der Waals surface area (Å²) in [5, 5.41) is 5.10. The Bertz CT molecular complexity index is 1210. The number of hydrogen-bond donors (Lipinski definition) is 2. The minimum Gasteiger partial charge on any atom is -0.457 e. The van der Waals surface area contributed by atoms with Crippen LogP contribution >= 0.6 is 0 Å². The number of aromatic nitrogens is 3. The average molecular weight is 373 g/mol. The number of nitrogen functional groups attached to an aromatic ring is 1. The Morgan fingerprint density at radius 2 is 1.86 bits per heavy atom. The highest BCUT2D eigenvalue weighted by molar-refractivity contribution is 5.95. The maximum Gasteiger partial charge on any atom is 0.248 e. The maximum atomic E-state index is 11.4. The molecule has 0 saturated carbocycles. The van der Waals surface area contributed by atoms with Crippen molar-refractivity contribution in [2.75, 3.05) is 5.73 Å². The molecule has 2 aromatic heterocycles. The van der Waals surface area contributed by atoms with E-state index in [2.05, 4.69) is 10.1 Å². The van der Waals surface area contributed by atoms with Gasteiger partial charge in [-0.15, -0.1) is 0 Å². The van der Waals surface area contributed by atoms with Crippen molar-refractivity contribution >= 4 is 22.6 Å². The number of rotatable bonds is 4. The zero-order chi connectivity index (χ0) is 19.8. The predicted molar refractivity (Wildman–Crippen MR) is 108 cm³/mol. The molecule has 0 fully saturated rings. The number of ether oxygens (including phenoxy) is 1. The zero-order valence-electron chi connectivity index (χ0n) is 15.5. The van der Waals surface area contributed by atoms with Crippen LogP contribution in [0.15, 0.2) is 54.7 Å². The highest BCUT2D eigenvalue weighted by Gasteiger charge is 2.10. The first-order valence-electron chi connectivity index (χ1n) is 8.69. The highest BCUT2D eigenvalue weighted by Crippen LogP contribution is 2.30. The normalized spacial score (nSPS) is 10.9. The number of carbonyl (C=O) groups excluding carboxylic acids is 1. The molecule has 0 bridgehead atoms. The molecule has 2 aromatic carbocycles. The van der Waals surface area contributed by atoms with E-state index in [0.29, 0.717) is 22.9 Å². The van der Waals surface area contributed by atoms with Gasteiger partial charge in [-0.2, -0.15) is 5.10 Å². The van der Waals surface area contributed by atoms with Gasteiger partial charge in [-0.05, 0) is 42.8 Å². The van der Waals surface area contributed by atoms with Crippen molar-refractivity contribution in [2.24, 2.45) is 12.8 Å². The van der Waals surface area contributed by atoms with E-state index < -0.39 is 5.91 Å². The largest absolute Gasteiger partial charge is 0.457 e. The van der Waals surface area contributed by atoms with Gasteiger partial charge in [0, 0.05) is 41.9 Å². The number of hydrogen-bond acceptors (Lipinski definition) is 5. The lowest BCUT2D eigenvalue weighted by atomic mass is 10.0. The molecule has 0 spiro atoms. The third kappa shape index (κ3) is 3.14. The van der Waals surface area contributed by atoms with Gasteiger partial charge >= 0.3 is 0 Å². The Morgan fingerprint density at radius 3 is 2.61 bits per heavy atom. The first-order valence-corrected chi connectivity index (χ1v) is 8.69. The molecule has 7 nitrogen and oxygen atoms in total. The van der Waals surface area contributed by atoms with E-state index in [1.54, 1.807) is 23.0 Å². The zero-order valence-corrected chi connectivity index (χ0v) is 15.5. The Hall–Kier alpha value is -3.87. The van der Waals surface area contributed by atoms with Crippen LogP contribution in [0.3, 0.4) is 0 Å². The summed E-state index contributed by atoms with van der Waals surface area (Å²) in [7, 11) is 1.84. The van der Waals surface area contributed by atoms with E-state index in [9.17, 15) is 4.79 Å². The third-order valence-corrected chi connectivity index (χ3v) is 4.61. The van der Waals surface area contributed by atoms with Crippen LogP contribution in [-0.4, -0.2) is 20.7 Å². The van der Waals surface area contributed by atoms with Crippen LogP contribution in [0.4, 0.5) is 5.82 Å². The number of carbonyl (C=O) groups is 1. The minimum absolute atomic E-state index is 0.444. The molecule has 0 unspecified atom stereocenters. The van der Waals surface area contributed by atoms with Gasteiger partial charge in [0.15, 0.2) is 5.82 Å². The van der Waals surface area contributed by atoms with Crippen molar-refractivity contribution in [1.29, 1.82) is 0 Å². The first kappa shape index (κ1) is 17.5. The van der Waals surface area contributed by atoms with E-state index in [1.807, 2.05) is 50.4 Å². The van der Waals surface area contributed by atoms with E-state index in [4.69, 9.17) is 16.2 Å². The topological polar surface area (TPSA) is 109 Å². The number of nitrogens with two attached hydrogens (primary N) is 2. The molecular weight excluding hydrogens is 354 g/mol. The van der Waals surface area contributed by atoms with Gasteiger partial charge in [-0.3, -0.25) is 14.5 Å². The molecule has 4 aromatic rings. The summed E-state index contributed by atoms with van der Waals surface area (Å²) in [4.78, 5) is 15.8. The molecule has 28 heavy (non-hydrogen) atoms. The lowest BCUT2D eigenvalue weighted by Gasteiger charge is -2.09. The van der Waals surface area contributed by atoms with Crippen LogP contribution in [0.25, 0.3) is 22.2 Å². The van der Waals surface area contributed by atoms with E-state index in [-0.39, 0.29) is 0 Å². The Labute approximate surface area is 161 Å². The van der Waals surface area contributed by atoms with Gasteiger partial charge < -0.3 is 16.2 Å². The molecule has 0 radical (unpaired) electrons. The standard InChI is InChI=1S/C21H19N5O2/c1-12-9-13(3-5-16(12)21(23)27)18-10-15(7-8-24-18)28-14-4-6-17-19(11-14)26(2)25-20(17)22/h3-11H,1-2H3,(H2,22,25)(H2,23,27). The van der Waals surface area contributed by atoms with Crippen molar-refractivity contribution in [3.8, 4) is 22.8 Å². The van der Waals surface area contributed by atoms with Gasteiger partial charge in [0.2, 0.25) is 5.91 Å². The second-order valence-corrected chi connectivity index (χ2v) is 6.56. The summed E-state index contributed by atoms with van der Waals surface area (Å²) in [5.41, 5.74) is 15.1. The molecule has 0 aliphatic heterocycles. The second-order valence-electron chi connectivity index (χ2n) is 6.56. The van der Waals surface area contributed by atoms with Crippen LogP contribution < -0.4 is 16.2 Å². The fourth-order valence-corrected chi connectivity index (χ4v) is 3.20. The molecule has 7 heteroatoms.